The summed E-state index contributed by atoms with van der Waals surface area (Å²) in [6.45, 7) is 6.75. The summed E-state index contributed by atoms with van der Waals surface area (Å²) in [5, 5.41) is 17.1. The second-order valence-electron chi connectivity index (χ2n) is 6.69. The third-order valence-corrected chi connectivity index (χ3v) is 6.21. The van der Waals surface area contributed by atoms with Crippen molar-refractivity contribution in [2.24, 2.45) is 5.92 Å². The van der Waals surface area contributed by atoms with Crippen LogP contribution in [0.5, 0.6) is 5.75 Å². The van der Waals surface area contributed by atoms with Gasteiger partial charge in [0.15, 0.2) is 0 Å². The van der Waals surface area contributed by atoms with Gasteiger partial charge in [0.1, 0.15) is 11.8 Å². The lowest BCUT2D eigenvalue weighted by Gasteiger charge is -2.14. The molecule has 4 rings (SSSR count). The minimum atomic E-state index is -1.21. The maximum absolute atomic E-state index is 9.38. The van der Waals surface area contributed by atoms with Crippen molar-refractivity contribution in [3.05, 3.63) is 40.8 Å². The van der Waals surface area contributed by atoms with Crippen molar-refractivity contribution in [2.75, 3.05) is 26.7 Å². The van der Waals surface area contributed by atoms with Crippen molar-refractivity contribution in [3.63, 3.8) is 0 Å². The van der Waals surface area contributed by atoms with Gasteiger partial charge in [-0.1, -0.05) is 13.0 Å². The highest BCUT2D eigenvalue weighted by Crippen LogP contribution is 2.51. The van der Waals surface area contributed by atoms with Gasteiger partial charge in [-0.25, -0.2) is 0 Å². The summed E-state index contributed by atoms with van der Waals surface area (Å²) in [5.74, 6) is 3.10. The molecule has 3 unspecified atom stereocenters. The van der Waals surface area contributed by atoms with E-state index in [2.05, 4.69) is 41.9 Å². The second kappa shape index (κ2) is 8.10. The minimum Gasteiger partial charge on any atom is -0.530 e. The van der Waals surface area contributed by atoms with Crippen LogP contribution >= 0.6 is 11.3 Å². The number of hydrogen-bond acceptors (Lipinski definition) is 5. The van der Waals surface area contributed by atoms with Crippen molar-refractivity contribution in [3.8, 4) is 16.2 Å². The number of carboxylic acid groups (broad SMARTS) is 1. The van der Waals surface area contributed by atoms with Crippen molar-refractivity contribution in [1.82, 2.24) is 10.6 Å². The number of carbonyl (C=O) groups is 1. The lowest BCUT2D eigenvalue weighted by atomic mass is 9.91. The van der Waals surface area contributed by atoms with E-state index in [9.17, 15) is 9.90 Å². The molecule has 5 nitrogen and oxygen atoms in total. The summed E-state index contributed by atoms with van der Waals surface area (Å²) < 4.78 is 5.66. The molecule has 1 aliphatic carbocycles. The number of fused-ring (bicyclic) bond motifs is 3. The molecule has 1 saturated heterocycles. The van der Waals surface area contributed by atoms with Gasteiger partial charge in [-0.05, 0) is 60.0 Å². The topological polar surface area (TPSA) is 73.4 Å². The summed E-state index contributed by atoms with van der Waals surface area (Å²) in [6, 6.07) is 8.95. The molecular formula is C20H25N2O3S-. The summed E-state index contributed by atoms with van der Waals surface area (Å²) in [7, 11) is 1.78. The molecule has 0 bridgehead atoms. The van der Waals surface area contributed by atoms with Gasteiger partial charge < -0.3 is 25.3 Å². The number of ether oxygens (including phenoxy) is 1. The van der Waals surface area contributed by atoms with Gasteiger partial charge in [-0.3, -0.25) is 0 Å². The molecule has 0 radical (unpaired) electrons. The molecule has 2 aromatic rings. The number of rotatable bonds is 3. The van der Waals surface area contributed by atoms with Gasteiger partial charge in [0, 0.05) is 29.4 Å². The van der Waals surface area contributed by atoms with E-state index in [1.807, 2.05) is 5.32 Å². The largest absolute Gasteiger partial charge is 0.530 e. The zero-order chi connectivity index (χ0) is 18.7. The van der Waals surface area contributed by atoms with Crippen LogP contribution in [0.3, 0.4) is 0 Å². The molecule has 2 aliphatic rings. The number of thiophene rings is 1. The maximum Gasteiger partial charge on any atom is 0.134 e. The van der Waals surface area contributed by atoms with Crippen LogP contribution in [0.15, 0.2) is 29.6 Å². The van der Waals surface area contributed by atoms with Crippen LogP contribution in [0.4, 0.5) is 4.79 Å². The third kappa shape index (κ3) is 3.57. The summed E-state index contributed by atoms with van der Waals surface area (Å²) >= 11 is 1.78. The molecule has 26 heavy (non-hydrogen) atoms. The Morgan fingerprint density at radius 1 is 1.38 bits per heavy atom. The van der Waals surface area contributed by atoms with Gasteiger partial charge in [0.25, 0.3) is 0 Å². The van der Waals surface area contributed by atoms with E-state index in [4.69, 9.17) is 4.74 Å². The Balaban J connectivity index is 0.000000286. The Hall–Kier alpha value is -2.05. The van der Waals surface area contributed by atoms with E-state index >= 15 is 0 Å². The van der Waals surface area contributed by atoms with Crippen LogP contribution in [0.2, 0.25) is 0 Å². The fourth-order valence-electron chi connectivity index (χ4n) is 4.06. The Morgan fingerprint density at radius 2 is 2.19 bits per heavy atom. The van der Waals surface area contributed by atoms with Crippen molar-refractivity contribution < 1.29 is 14.6 Å². The number of hydrogen-bond donors (Lipinski definition) is 2. The zero-order valence-corrected chi connectivity index (χ0v) is 16.2. The molecule has 1 fully saturated rings. The maximum atomic E-state index is 9.38. The van der Waals surface area contributed by atoms with Gasteiger partial charge >= 0.3 is 0 Å². The zero-order valence-electron chi connectivity index (χ0n) is 15.4. The SMILES string of the molecule is CCNC(=O)[O-].COc1cc2c(cc1-c1cccs1)C(C)C1CNCC21. The molecule has 1 aliphatic heterocycles. The Labute approximate surface area is 158 Å². The first-order chi connectivity index (χ1) is 12.6. The average molecular weight is 373 g/mol. The predicted molar refractivity (Wildman–Crippen MR) is 103 cm³/mol. The molecule has 1 aromatic heterocycles. The first-order valence-electron chi connectivity index (χ1n) is 8.98. The van der Waals surface area contributed by atoms with E-state index in [-0.39, 0.29) is 0 Å². The predicted octanol–water partition coefficient (Wildman–Crippen LogP) is 2.78. The first kappa shape index (κ1) is 18.7. The molecule has 1 amide bonds. The molecule has 0 spiro atoms. The van der Waals surface area contributed by atoms with E-state index in [1.54, 1.807) is 25.4 Å². The Kier molecular flexibility index (Phi) is 5.84. The highest BCUT2D eigenvalue weighted by Gasteiger charge is 2.41. The first-order valence-corrected chi connectivity index (χ1v) is 9.86. The Morgan fingerprint density at radius 3 is 2.77 bits per heavy atom. The minimum absolute atomic E-state index is 0.419. The fourth-order valence-corrected chi connectivity index (χ4v) is 4.81. The standard InChI is InChI=1S/C17H19NOS.C3H7NO2/c1-10-11-6-13(17-4-3-5-20-17)16(19-2)7-12(11)15-9-18-8-14(10)15;1-2-4-3(5)6/h3-7,10,14-15,18H,8-9H2,1-2H3;4H,2H2,1H3,(H,5,6)/p-1. The summed E-state index contributed by atoms with van der Waals surface area (Å²) in [6.07, 6.45) is -1.21. The van der Waals surface area contributed by atoms with Crippen molar-refractivity contribution in [2.45, 2.75) is 25.7 Å². The van der Waals surface area contributed by atoms with E-state index in [1.165, 1.54) is 21.6 Å². The van der Waals surface area contributed by atoms with Crippen LogP contribution in [0, 0.1) is 5.92 Å². The van der Waals surface area contributed by atoms with Gasteiger partial charge in [0.2, 0.25) is 0 Å². The smallest absolute Gasteiger partial charge is 0.134 e. The Bertz CT molecular complexity index is 761. The normalized spacial score (nSPS) is 22.8. The summed E-state index contributed by atoms with van der Waals surface area (Å²) in [4.78, 5) is 10.7. The van der Waals surface area contributed by atoms with Crippen molar-refractivity contribution >= 4 is 17.4 Å². The number of amides is 1. The number of benzene rings is 1. The van der Waals surface area contributed by atoms with Crippen LogP contribution < -0.4 is 20.5 Å². The summed E-state index contributed by atoms with van der Waals surface area (Å²) in [5.41, 5.74) is 4.29. The molecule has 6 heteroatoms. The fraction of sp³-hybridized carbons (Fsp3) is 0.450. The average Bonchev–Trinajstić information content (AvgIpc) is 3.35. The monoisotopic (exact) mass is 373 g/mol. The molecule has 1 aromatic carbocycles. The molecule has 0 saturated carbocycles. The van der Waals surface area contributed by atoms with Crippen LogP contribution in [-0.4, -0.2) is 32.8 Å². The molecule has 2 heterocycles. The van der Waals surface area contributed by atoms with Gasteiger partial charge in [-0.2, -0.15) is 0 Å². The van der Waals surface area contributed by atoms with E-state index in [0.29, 0.717) is 18.4 Å². The van der Waals surface area contributed by atoms with Crippen LogP contribution in [0.25, 0.3) is 10.4 Å². The number of carbonyl (C=O) groups excluding carboxylic acids is 1. The van der Waals surface area contributed by atoms with Gasteiger partial charge in [0.05, 0.1) is 7.11 Å². The number of methoxy groups -OCH3 is 1. The van der Waals surface area contributed by atoms with E-state index in [0.717, 1.165) is 24.8 Å². The highest BCUT2D eigenvalue weighted by molar-refractivity contribution is 7.13. The van der Waals surface area contributed by atoms with Crippen molar-refractivity contribution in [1.29, 1.82) is 0 Å². The molecule has 3 atom stereocenters. The van der Waals surface area contributed by atoms with Crippen LogP contribution in [0.1, 0.15) is 36.8 Å². The van der Waals surface area contributed by atoms with E-state index < -0.39 is 6.09 Å². The molecular weight excluding hydrogens is 348 g/mol. The quantitative estimate of drug-likeness (QED) is 0.868. The van der Waals surface area contributed by atoms with Crippen LogP contribution in [-0.2, 0) is 0 Å². The molecule has 140 valence electrons. The third-order valence-electron chi connectivity index (χ3n) is 5.31. The van der Waals surface area contributed by atoms with Gasteiger partial charge in [-0.15, -0.1) is 11.3 Å². The lowest BCUT2D eigenvalue weighted by Crippen LogP contribution is -2.35. The number of nitrogens with one attached hydrogen (secondary N) is 2. The second-order valence-corrected chi connectivity index (χ2v) is 7.64. The highest BCUT2D eigenvalue weighted by atomic mass is 32.1. The lowest BCUT2D eigenvalue weighted by molar-refractivity contribution is -0.250. The molecule has 2 N–H and O–H groups in total.